The zero-order valence-electron chi connectivity index (χ0n) is 11.2. The van der Waals surface area contributed by atoms with Crippen LogP contribution in [0.3, 0.4) is 0 Å². The van der Waals surface area contributed by atoms with Crippen LogP contribution in [-0.4, -0.2) is 30.3 Å². The van der Waals surface area contributed by atoms with E-state index in [0.29, 0.717) is 29.9 Å². The van der Waals surface area contributed by atoms with Gasteiger partial charge in [0.2, 0.25) is 5.88 Å². The molecule has 2 aromatic heterocycles. The Balaban J connectivity index is 2.23. The third-order valence-electron chi connectivity index (χ3n) is 3.10. The molecule has 5 nitrogen and oxygen atoms in total. The Morgan fingerprint density at radius 3 is 2.81 bits per heavy atom. The van der Waals surface area contributed by atoms with Crippen LogP contribution in [0.5, 0.6) is 5.88 Å². The van der Waals surface area contributed by atoms with Crippen LogP contribution in [0.25, 0.3) is 11.1 Å². The van der Waals surface area contributed by atoms with Gasteiger partial charge in [-0.2, -0.15) is 0 Å². The number of aromatic nitrogens is 2. The van der Waals surface area contributed by atoms with Crippen molar-refractivity contribution in [1.29, 1.82) is 0 Å². The predicted molar refractivity (Wildman–Crippen MR) is 73.6 cm³/mol. The molecule has 0 unspecified atom stereocenters. The van der Waals surface area contributed by atoms with Gasteiger partial charge in [0.05, 0.1) is 32.1 Å². The summed E-state index contributed by atoms with van der Waals surface area (Å²) in [7, 11) is 1.45. The van der Waals surface area contributed by atoms with Gasteiger partial charge in [-0.25, -0.2) is 9.37 Å². The summed E-state index contributed by atoms with van der Waals surface area (Å²) in [5.74, 6) is -0.277. The largest absolute Gasteiger partial charge is 0.480 e. The summed E-state index contributed by atoms with van der Waals surface area (Å²) >= 11 is 6.00. The summed E-state index contributed by atoms with van der Waals surface area (Å²) < 4.78 is 30.3. The first kappa shape index (κ1) is 14.2. The average Bonchev–Trinajstić information content (AvgIpc) is 3.01. The summed E-state index contributed by atoms with van der Waals surface area (Å²) in [6, 6.07) is 3.14. The molecule has 3 rings (SSSR count). The lowest BCUT2D eigenvalue weighted by atomic mass is 10.0. The SMILES string of the molecule is COc1nc(Cl)cc(C2OCCO2)c1-c1ccncc1F. The Kier molecular flexibility index (Phi) is 4.01. The Hall–Kier alpha value is -1.76. The molecule has 0 spiro atoms. The first-order chi connectivity index (χ1) is 10.2. The van der Waals surface area contributed by atoms with E-state index in [9.17, 15) is 4.39 Å². The van der Waals surface area contributed by atoms with Gasteiger partial charge < -0.3 is 14.2 Å². The van der Waals surface area contributed by atoms with Crippen LogP contribution in [0.4, 0.5) is 4.39 Å². The van der Waals surface area contributed by atoms with Crippen molar-refractivity contribution in [2.45, 2.75) is 6.29 Å². The molecule has 0 aromatic carbocycles. The Bertz CT molecular complexity index is 663. The smallest absolute Gasteiger partial charge is 0.223 e. The molecule has 3 heterocycles. The van der Waals surface area contributed by atoms with Crippen LogP contribution in [0.1, 0.15) is 11.9 Å². The van der Waals surface area contributed by atoms with E-state index in [1.807, 2.05) is 0 Å². The van der Waals surface area contributed by atoms with E-state index >= 15 is 0 Å². The molecule has 0 atom stereocenters. The monoisotopic (exact) mass is 310 g/mol. The van der Waals surface area contributed by atoms with Gasteiger partial charge in [-0.05, 0) is 12.1 Å². The van der Waals surface area contributed by atoms with Crippen LogP contribution < -0.4 is 4.74 Å². The highest BCUT2D eigenvalue weighted by molar-refractivity contribution is 6.29. The maximum absolute atomic E-state index is 14.1. The van der Waals surface area contributed by atoms with Crippen molar-refractivity contribution in [3.05, 3.63) is 41.1 Å². The second-order valence-corrected chi connectivity index (χ2v) is 4.73. The number of pyridine rings is 2. The molecule has 0 saturated carbocycles. The van der Waals surface area contributed by atoms with E-state index in [2.05, 4.69) is 9.97 Å². The number of hydrogen-bond donors (Lipinski definition) is 0. The molecule has 7 heteroatoms. The van der Waals surface area contributed by atoms with Gasteiger partial charge in [0.1, 0.15) is 11.0 Å². The van der Waals surface area contributed by atoms with Crippen molar-refractivity contribution < 1.29 is 18.6 Å². The minimum absolute atomic E-state index is 0.210. The quantitative estimate of drug-likeness (QED) is 0.816. The lowest BCUT2D eigenvalue weighted by Crippen LogP contribution is -2.05. The molecule has 2 aromatic rings. The van der Waals surface area contributed by atoms with Crippen molar-refractivity contribution in [3.63, 3.8) is 0 Å². The van der Waals surface area contributed by atoms with Gasteiger partial charge in [0.25, 0.3) is 0 Å². The van der Waals surface area contributed by atoms with Gasteiger partial charge in [-0.15, -0.1) is 0 Å². The van der Waals surface area contributed by atoms with E-state index in [1.54, 1.807) is 12.1 Å². The van der Waals surface area contributed by atoms with Crippen LogP contribution in [0.15, 0.2) is 24.5 Å². The second-order valence-electron chi connectivity index (χ2n) is 4.35. The molecular formula is C14H12ClFN2O3. The lowest BCUT2D eigenvalue weighted by Gasteiger charge is -2.17. The zero-order chi connectivity index (χ0) is 14.8. The summed E-state index contributed by atoms with van der Waals surface area (Å²) in [5, 5.41) is 0.221. The van der Waals surface area contributed by atoms with Crippen molar-refractivity contribution >= 4 is 11.6 Å². The molecule has 0 radical (unpaired) electrons. The molecule has 21 heavy (non-hydrogen) atoms. The first-order valence-corrected chi connectivity index (χ1v) is 6.66. The fourth-order valence-electron chi connectivity index (χ4n) is 2.23. The fraction of sp³-hybridized carbons (Fsp3) is 0.286. The van der Waals surface area contributed by atoms with Gasteiger partial charge in [-0.3, -0.25) is 4.98 Å². The van der Waals surface area contributed by atoms with Crippen molar-refractivity contribution in [1.82, 2.24) is 9.97 Å². The number of halogens is 2. The number of rotatable bonds is 3. The standard InChI is InChI=1S/C14H12ClFN2O3/c1-19-13-12(8-2-3-17-7-10(8)16)9(6-11(15)18-13)14-20-4-5-21-14/h2-3,6-7,14H,4-5H2,1H3. The molecule has 1 fully saturated rings. The predicted octanol–water partition coefficient (Wildman–Crippen LogP) is 2.99. The topological polar surface area (TPSA) is 53.5 Å². The molecule has 1 aliphatic rings. The molecule has 110 valence electrons. The molecule has 1 aliphatic heterocycles. The molecule has 0 N–H and O–H groups in total. The maximum Gasteiger partial charge on any atom is 0.223 e. The Morgan fingerprint density at radius 2 is 2.14 bits per heavy atom. The van der Waals surface area contributed by atoms with Crippen molar-refractivity contribution in [2.24, 2.45) is 0 Å². The lowest BCUT2D eigenvalue weighted by molar-refractivity contribution is -0.0438. The molecule has 1 saturated heterocycles. The summed E-state index contributed by atoms with van der Waals surface area (Å²) in [6.45, 7) is 0.927. The van der Waals surface area contributed by atoms with Gasteiger partial charge >= 0.3 is 0 Å². The minimum Gasteiger partial charge on any atom is -0.480 e. The maximum atomic E-state index is 14.1. The van der Waals surface area contributed by atoms with Crippen LogP contribution in [-0.2, 0) is 9.47 Å². The van der Waals surface area contributed by atoms with E-state index in [4.69, 9.17) is 25.8 Å². The van der Waals surface area contributed by atoms with Crippen LogP contribution in [0, 0.1) is 5.82 Å². The average molecular weight is 311 g/mol. The van der Waals surface area contributed by atoms with E-state index in [1.165, 1.54) is 13.3 Å². The van der Waals surface area contributed by atoms with Crippen LogP contribution in [0.2, 0.25) is 5.15 Å². The zero-order valence-corrected chi connectivity index (χ0v) is 11.9. The van der Waals surface area contributed by atoms with E-state index < -0.39 is 12.1 Å². The number of methoxy groups -OCH3 is 1. The molecule has 0 bridgehead atoms. The highest BCUT2D eigenvalue weighted by atomic mass is 35.5. The van der Waals surface area contributed by atoms with Crippen molar-refractivity contribution in [2.75, 3.05) is 20.3 Å². The Labute approximate surface area is 125 Å². The van der Waals surface area contributed by atoms with E-state index in [0.717, 1.165) is 6.20 Å². The molecule has 0 amide bonds. The van der Waals surface area contributed by atoms with Crippen LogP contribution >= 0.6 is 11.6 Å². The second kappa shape index (κ2) is 5.93. The highest BCUT2D eigenvalue weighted by Crippen LogP contribution is 2.40. The van der Waals surface area contributed by atoms with Gasteiger partial charge in [-0.1, -0.05) is 11.6 Å². The summed E-state index contributed by atoms with van der Waals surface area (Å²) in [5.41, 5.74) is 1.34. The number of hydrogen-bond acceptors (Lipinski definition) is 5. The van der Waals surface area contributed by atoms with Gasteiger partial charge in [0, 0.05) is 17.3 Å². The summed E-state index contributed by atoms with van der Waals surface area (Å²) in [4.78, 5) is 7.83. The minimum atomic E-state index is -0.623. The third kappa shape index (κ3) is 2.70. The number of nitrogens with zero attached hydrogens (tertiary/aromatic N) is 2. The molecular weight excluding hydrogens is 299 g/mol. The summed E-state index contributed by atoms with van der Waals surface area (Å²) in [6.07, 6.45) is 2.00. The van der Waals surface area contributed by atoms with E-state index in [-0.39, 0.29) is 11.0 Å². The fourth-order valence-corrected chi connectivity index (χ4v) is 2.42. The highest BCUT2D eigenvalue weighted by Gasteiger charge is 2.27. The van der Waals surface area contributed by atoms with Gasteiger partial charge in [0.15, 0.2) is 6.29 Å². The normalized spacial score (nSPS) is 15.4. The Morgan fingerprint density at radius 1 is 1.38 bits per heavy atom. The molecule has 0 aliphatic carbocycles. The third-order valence-corrected chi connectivity index (χ3v) is 3.29. The van der Waals surface area contributed by atoms with Crippen molar-refractivity contribution in [3.8, 4) is 17.0 Å². The number of ether oxygens (including phenoxy) is 3. The first-order valence-electron chi connectivity index (χ1n) is 6.28.